The molecule has 1 N–H and O–H groups in total. The predicted octanol–water partition coefficient (Wildman–Crippen LogP) is 0.0742. The van der Waals surface area contributed by atoms with E-state index in [-0.39, 0.29) is 0 Å². The van der Waals surface area contributed by atoms with Gasteiger partial charge in [0.25, 0.3) is 0 Å². The Morgan fingerprint density at radius 3 is 2.54 bits per heavy atom. The third-order valence-corrected chi connectivity index (χ3v) is 1.19. The molecule has 0 spiro atoms. The minimum atomic E-state index is 0.859. The van der Waals surface area contributed by atoms with Crippen molar-refractivity contribution in [1.82, 2.24) is 15.4 Å². The number of aliphatic hydroxyl groups excluding tert-OH is 1. The molecule has 0 unspecified atom stereocenters. The first-order valence-corrected chi connectivity index (χ1v) is 3.68. The van der Waals surface area contributed by atoms with Gasteiger partial charge in [0, 0.05) is 7.11 Å². The fourth-order valence-electron chi connectivity index (χ4n) is 0.752. The van der Waals surface area contributed by atoms with Gasteiger partial charge in [0.1, 0.15) is 0 Å². The van der Waals surface area contributed by atoms with E-state index in [2.05, 4.69) is 31.1 Å². The molecule has 0 amide bonds. The Bertz CT molecular complexity index is 309. The third kappa shape index (κ3) is 3.41. The number of hydrogen-bond donors (Lipinski definition) is 1. The number of rotatable bonds is 0. The van der Waals surface area contributed by atoms with Gasteiger partial charge >= 0.3 is 19.5 Å². The first-order valence-electron chi connectivity index (χ1n) is 3.26. The van der Waals surface area contributed by atoms with Crippen molar-refractivity contribution in [3.63, 3.8) is 0 Å². The average Bonchev–Trinajstić information content (AvgIpc) is 2.71. The van der Waals surface area contributed by atoms with Crippen molar-refractivity contribution in [1.29, 1.82) is 0 Å². The number of nitrogens with zero attached hydrogens (tertiary/aromatic N) is 3. The van der Waals surface area contributed by atoms with Gasteiger partial charge in [0.05, 0.1) is 0 Å². The van der Waals surface area contributed by atoms with Crippen LogP contribution in [0.25, 0.3) is 11.0 Å². The standard InChI is InChI=1S/C6H4N3.CH4O.Co.O/c1-2-4-6-5(3-1)7-9-8-6;1-2;;/h1-4H;2H,1H3;;/q-1;;;. The molecule has 0 aliphatic heterocycles. The van der Waals surface area contributed by atoms with Crippen LogP contribution in [0.4, 0.5) is 0 Å². The molecule has 5 nitrogen and oxygen atoms in total. The Morgan fingerprint density at radius 2 is 1.92 bits per heavy atom. The topological polar surface area (TPSA) is 77.2 Å². The molecule has 0 bridgehead atoms. The van der Waals surface area contributed by atoms with Gasteiger partial charge in [0.2, 0.25) is 0 Å². The van der Waals surface area contributed by atoms with Crippen molar-refractivity contribution < 1.29 is 24.6 Å². The molecule has 1 aromatic heterocycles. The summed E-state index contributed by atoms with van der Waals surface area (Å²) >= 11 is 2.31. The molecule has 0 aliphatic carbocycles. The largest absolute Gasteiger partial charge is 0.350 e. The molecule has 6 heteroatoms. The minimum Gasteiger partial charge on any atom is -0.350 e. The van der Waals surface area contributed by atoms with Crippen LogP contribution >= 0.6 is 0 Å². The van der Waals surface area contributed by atoms with Gasteiger partial charge in [-0.15, -0.1) is 0 Å². The molecular weight excluding hydrogens is 217 g/mol. The van der Waals surface area contributed by atoms with Crippen LogP contribution in [0.2, 0.25) is 0 Å². The van der Waals surface area contributed by atoms with Crippen LogP contribution in [0, 0.1) is 0 Å². The first-order chi connectivity index (χ1) is 6.47. The van der Waals surface area contributed by atoms with Crippen molar-refractivity contribution >= 4 is 11.0 Å². The maximum Gasteiger partial charge on any atom is -0.0209 e. The molecule has 0 saturated carbocycles. The second kappa shape index (κ2) is 7.53. The van der Waals surface area contributed by atoms with Crippen molar-refractivity contribution in [3.05, 3.63) is 24.3 Å². The molecule has 13 heavy (non-hydrogen) atoms. The summed E-state index contributed by atoms with van der Waals surface area (Å²) < 4.78 is 7.94. The van der Waals surface area contributed by atoms with Gasteiger partial charge in [0.15, 0.2) is 0 Å². The molecule has 73 valence electrons. The van der Waals surface area contributed by atoms with Gasteiger partial charge in [-0.25, -0.2) is 0 Å². The van der Waals surface area contributed by atoms with Gasteiger partial charge in [-0.1, -0.05) is 24.3 Å². The van der Waals surface area contributed by atoms with E-state index in [1.165, 1.54) is 0 Å². The van der Waals surface area contributed by atoms with Gasteiger partial charge in [-0.3, -0.25) is 5.21 Å². The molecule has 1 aromatic carbocycles. The van der Waals surface area contributed by atoms with Crippen molar-refractivity contribution in [3.8, 4) is 0 Å². The van der Waals surface area contributed by atoms with E-state index in [0.717, 1.165) is 18.1 Å². The Hall–Kier alpha value is -1.11. The number of aliphatic hydroxyl groups is 1. The minimum absolute atomic E-state index is 0.859. The third-order valence-electron chi connectivity index (χ3n) is 1.19. The first kappa shape index (κ1) is 11.9. The van der Waals surface area contributed by atoms with E-state index in [1.54, 1.807) is 0 Å². The average molecular weight is 225 g/mol. The van der Waals surface area contributed by atoms with Crippen LogP contribution < -0.4 is 5.10 Å². The summed E-state index contributed by atoms with van der Waals surface area (Å²) in [6.07, 6.45) is 0. The number of fused-ring (bicyclic) bond motifs is 1. The number of aromatic nitrogens is 3. The molecule has 0 atom stereocenters. The van der Waals surface area contributed by atoms with Crippen LogP contribution in [0.3, 0.4) is 0 Å². The van der Waals surface area contributed by atoms with E-state index in [4.69, 9.17) is 8.97 Å². The van der Waals surface area contributed by atoms with Crippen LogP contribution in [-0.4, -0.2) is 22.5 Å². The van der Waals surface area contributed by atoms with Crippen molar-refractivity contribution in [2.75, 3.05) is 7.11 Å². The van der Waals surface area contributed by atoms with E-state index < -0.39 is 0 Å². The Balaban J connectivity index is 0.000000322. The zero-order chi connectivity index (χ0) is 10.1. The monoisotopic (exact) mass is 225 g/mol. The SMILES string of the molecule is CO.[O]=[Co].c1ccc2[n-]nnc2c1. The quantitative estimate of drug-likeness (QED) is 0.686. The van der Waals surface area contributed by atoms with E-state index in [1.807, 2.05) is 24.3 Å². The maximum atomic E-state index is 7.94. The Labute approximate surface area is 82.9 Å². The van der Waals surface area contributed by atoms with Crippen molar-refractivity contribution in [2.24, 2.45) is 0 Å². The fraction of sp³-hybridized carbons (Fsp3) is 0.143. The summed E-state index contributed by atoms with van der Waals surface area (Å²) in [7, 11) is 1.00. The predicted molar refractivity (Wildman–Crippen MR) is 41.7 cm³/mol. The van der Waals surface area contributed by atoms with Crippen LogP contribution in [0.5, 0.6) is 0 Å². The maximum absolute atomic E-state index is 7.94. The summed E-state index contributed by atoms with van der Waals surface area (Å²) in [6, 6.07) is 7.60. The zero-order valence-electron chi connectivity index (χ0n) is 6.84. The summed E-state index contributed by atoms with van der Waals surface area (Å²) in [6.45, 7) is 0. The second-order valence-electron chi connectivity index (χ2n) is 1.78. The smallest absolute Gasteiger partial charge is 0.0209 e. The molecule has 1 heterocycles. The number of hydrogen-bond acceptors (Lipinski definition) is 4. The Kier molecular flexibility index (Phi) is 6.89. The normalized spacial score (nSPS) is 7.92. The summed E-state index contributed by atoms with van der Waals surface area (Å²) in [5.41, 5.74) is 1.72. The molecule has 0 aliphatic rings. The van der Waals surface area contributed by atoms with E-state index in [0.29, 0.717) is 0 Å². The fourth-order valence-corrected chi connectivity index (χ4v) is 0.752. The molecule has 2 aromatic rings. The van der Waals surface area contributed by atoms with E-state index in [9.17, 15) is 0 Å². The van der Waals surface area contributed by atoms with E-state index >= 15 is 0 Å². The summed E-state index contributed by atoms with van der Waals surface area (Å²) in [4.78, 5) is 0. The zero-order valence-corrected chi connectivity index (χ0v) is 7.88. The molecule has 0 radical (unpaired) electrons. The second-order valence-corrected chi connectivity index (χ2v) is 1.78. The Morgan fingerprint density at radius 1 is 1.31 bits per heavy atom. The van der Waals surface area contributed by atoms with Crippen LogP contribution in [0.1, 0.15) is 0 Å². The molecule has 0 saturated heterocycles. The summed E-state index contributed by atoms with van der Waals surface area (Å²) in [5.74, 6) is 0. The van der Waals surface area contributed by atoms with Crippen LogP contribution in [-0.2, 0) is 19.5 Å². The van der Waals surface area contributed by atoms with Gasteiger partial charge < -0.3 is 15.3 Å². The van der Waals surface area contributed by atoms with Gasteiger partial charge in [-0.05, 0) is 11.0 Å². The molecule has 2 rings (SSSR count). The molecular formula is C7H8CoN3O2-. The van der Waals surface area contributed by atoms with Crippen molar-refractivity contribution in [2.45, 2.75) is 0 Å². The molecule has 0 fully saturated rings. The van der Waals surface area contributed by atoms with Gasteiger partial charge in [-0.2, -0.15) is 0 Å². The summed E-state index contributed by atoms with van der Waals surface area (Å²) in [5, 5.41) is 18.0. The number of benzene rings is 1. The van der Waals surface area contributed by atoms with Crippen LogP contribution in [0.15, 0.2) is 24.3 Å².